The quantitative estimate of drug-likeness (QED) is 0.736. The zero-order valence-corrected chi connectivity index (χ0v) is 8.42. The molecule has 2 rings (SSSR count). The van der Waals surface area contributed by atoms with Gasteiger partial charge in [-0.3, -0.25) is 0 Å². The number of aromatic nitrogens is 1. The van der Waals surface area contributed by atoms with E-state index in [0.29, 0.717) is 5.13 Å². The van der Waals surface area contributed by atoms with Crippen LogP contribution in [-0.2, 0) is 6.42 Å². The first-order chi connectivity index (χ1) is 6.74. The maximum absolute atomic E-state index is 5.59. The van der Waals surface area contributed by atoms with Gasteiger partial charge in [-0.05, 0) is 17.7 Å². The highest BCUT2D eigenvalue weighted by Gasteiger charge is 2.00. The van der Waals surface area contributed by atoms with E-state index in [1.54, 1.807) is 0 Å². The van der Waals surface area contributed by atoms with Gasteiger partial charge in [-0.1, -0.05) is 12.1 Å². The Hall–Kier alpha value is -1.55. The molecule has 0 saturated heterocycles. The second-order valence-corrected chi connectivity index (χ2v) is 4.23. The van der Waals surface area contributed by atoms with Crippen molar-refractivity contribution in [1.82, 2.24) is 4.98 Å². The highest BCUT2D eigenvalue weighted by Crippen LogP contribution is 2.18. The number of nitrogens with two attached hydrogens (primary N) is 2. The van der Waals surface area contributed by atoms with Gasteiger partial charge in [0.25, 0.3) is 0 Å². The van der Waals surface area contributed by atoms with Gasteiger partial charge in [-0.2, -0.15) is 0 Å². The predicted octanol–water partition coefficient (Wildman–Crippen LogP) is 1.90. The van der Waals surface area contributed by atoms with Crippen molar-refractivity contribution in [2.24, 2.45) is 0 Å². The molecule has 3 nitrogen and oxygen atoms in total. The molecule has 1 aromatic carbocycles. The molecule has 1 heterocycles. The summed E-state index contributed by atoms with van der Waals surface area (Å²) in [6.45, 7) is 0. The molecule has 1 aromatic heterocycles. The van der Waals surface area contributed by atoms with Crippen molar-refractivity contribution < 1.29 is 0 Å². The molecule has 0 unspecified atom stereocenters. The van der Waals surface area contributed by atoms with Gasteiger partial charge in [0.2, 0.25) is 0 Å². The molecular weight excluding hydrogens is 194 g/mol. The largest absolute Gasteiger partial charge is 0.399 e. The fourth-order valence-electron chi connectivity index (χ4n) is 1.24. The van der Waals surface area contributed by atoms with Crippen molar-refractivity contribution in [2.75, 3.05) is 11.5 Å². The van der Waals surface area contributed by atoms with Gasteiger partial charge < -0.3 is 11.5 Å². The topological polar surface area (TPSA) is 64.9 Å². The van der Waals surface area contributed by atoms with E-state index >= 15 is 0 Å². The molecule has 0 atom stereocenters. The number of hydrogen-bond donors (Lipinski definition) is 2. The smallest absolute Gasteiger partial charge is 0.180 e. The monoisotopic (exact) mass is 205 g/mol. The zero-order chi connectivity index (χ0) is 9.97. The molecule has 0 amide bonds. The van der Waals surface area contributed by atoms with E-state index in [2.05, 4.69) is 4.98 Å². The Balaban J connectivity index is 2.15. The van der Waals surface area contributed by atoms with E-state index in [1.807, 2.05) is 30.5 Å². The van der Waals surface area contributed by atoms with Crippen LogP contribution in [0.25, 0.3) is 0 Å². The summed E-state index contributed by atoms with van der Waals surface area (Å²) in [4.78, 5) is 5.18. The number of nitrogen functional groups attached to an aromatic ring is 2. The van der Waals surface area contributed by atoms with Crippen molar-refractivity contribution in [3.05, 3.63) is 40.9 Å². The third-order valence-corrected chi connectivity index (χ3v) is 2.76. The molecule has 72 valence electrons. The van der Waals surface area contributed by atoms with E-state index in [4.69, 9.17) is 11.5 Å². The maximum atomic E-state index is 5.59. The summed E-state index contributed by atoms with van der Waals surface area (Å²) in [6, 6.07) is 7.84. The highest BCUT2D eigenvalue weighted by molar-refractivity contribution is 7.15. The average molecular weight is 205 g/mol. The minimum absolute atomic E-state index is 0.621. The van der Waals surface area contributed by atoms with Crippen LogP contribution in [0, 0.1) is 0 Å². The van der Waals surface area contributed by atoms with E-state index in [1.165, 1.54) is 21.8 Å². The summed E-state index contributed by atoms with van der Waals surface area (Å²) >= 11 is 1.52. The Morgan fingerprint density at radius 2 is 1.86 bits per heavy atom. The second kappa shape index (κ2) is 3.67. The first kappa shape index (κ1) is 9.02. The Labute approximate surface area is 86.4 Å². The third kappa shape index (κ3) is 2.03. The Kier molecular flexibility index (Phi) is 2.37. The van der Waals surface area contributed by atoms with Crippen molar-refractivity contribution in [2.45, 2.75) is 6.42 Å². The molecule has 4 N–H and O–H groups in total. The molecule has 14 heavy (non-hydrogen) atoms. The van der Waals surface area contributed by atoms with Crippen LogP contribution in [-0.4, -0.2) is 4.98 Å². The summed E-state index contributed by atoms with van der Waals surface area (Å²) in [5.41, 5.74) is 13.2. The van der Waals surface area contributed by atoms with Gasteiger partial charge in [0, 0.05) is 23.2 Å². The Morgan fingerprint density at radius 1 is 1.14 bits per heavy atom. The van der Waals surface area contributed by atoms with Gasteiger partial charge in [-0.25, -0.2) is 4.98 Å². The fourth-order valence-corrected chi connectivity index (χ4v) is 1.96. The van der Waals surface area contributed by atoms with E-state index in [-0.39, 0.29) is 0 Å². The minimum Gasteiger partial charge on any atom is -0.399 e. The third-order valence-electron chi connectivity index (χ3n) is 1.93. The SMILES string of the molecule is Nc1ccc(Cc2cnc(N)s2)cc1. The van der Waals surface area contributed by atoms with Crippen molar-refractivity contribution in [3.63, 3.8) is 0 Å². The van der Waals surface area contributed by atoms with Gasteiger partial charge in [0.15, 0.2) is 5.13 Å². The predicted molar refractivity (Wildman–Crippen MR) is 60.2 cm³/mol. The van der Waals surface area contributed by atoms with Crippen LogP contribution >= 0.6 is 11.3 Å². The molecule has 0 bridgehead atoms. The standard InChI is InChI=1S/C10H11N3S/c11-8-3-1-7(2-4-8)5-9-6-13-10(12)14-9/h1-4,6H,5,11H2,(H2,12,13). The second-order valence-electron chi connectivity index (χ2n) is 3.08. The summed E-state index contributed by atoms with van der Waals surface area (Å²) in [5, 5.41) is 0.621. The van der Waals surface area contributed by atoms with Crippen LogP contribution in [0.15, 0.2) is 30.5 Å². The zero-order valence-electron chi connectivity index (χ0n) is 7.60. The lowest BCUT2D eigenvalue weighted by atomic mass is 10.1. The number of rotatable bonds is 2. The fraction of sp³-hybridized carbons (Fsp3) is 0.100. The van der Waals surface area contributed by atoms with Gasteiger partial charge >= 0.3 is 0 Å². The lowest BCUT2D eigenvalue weighted by Gasteiger charge is -1.98. The number of nitrogens with zero attached hydrogens (tertiary/aromatic N) is 1. The molecule has 0 aliphatic rings. The Bertz CT molecular complexity index is 419. The minimum atomic E-state index is 0.621. The molecule has 4 heteroatoms. The van der Waals surface area contributed by atoms with Crippen molar-refractivity contribution in [3.8, 4) is 0 Å². The number of benzene rings is 1. The molecule has 0 fully saturated rings. The molecule has 0 spiro atoms. The summed E-state index contributed by atoms with van der Waals surface area (Å²) < 4.78 is 0. The summed E-state index contributed by atoms with van der Waals surface area (Å²) in [6.07, 6.45) is 2.69. The van der Waals surface area contributed by atoms with E-state index in [9.17, 15) is 0 Å². The van der Waals surface area contributed by atoms with Gasteiger partial charge in [0.1, 0.15) is 0 Å². The molecule has 2 aromatic rings. The number of anilines is 2. The van der Waals surface area contributed by atoms with E-state index < -0.39 is 0 Å². The van der Waals surface area contributed by atoms with Crippen LogP contribution in [0.5, 0.6) is 0 Å². The summed E-state index contributed by atoms with van der Waals surface area (Å²) in [7, 11) is 0. The van der Waals surface area contributed by atoms with Crippen molar-refractivity contribution >= 4 is 22.2 Å². The lowest BCUT2D eigenvalue weighted by Crippen LogP contribution is -1.87. The normalized spacial score (nSPS) is 10.3. The number of hydrogen-bond acceptors (Lipinski definition) is 4. The lowest BCUT2D eigenvalue weighted by molar-refractivity contribution is 1.22. The molecule has 0 saturated carbocycles. The van der Waals surface area contributed by atoms with Crippen LogP contribution in [0.1, 0.15) is 10.4 Å². The molecular formula is C10H11N3S. The van der Waals surface area contributed by atoms with Gasteiger partial charge in [0.05, 0.1) is 0 Å². The first-order valence-electron chi connectivity index (χ1n) is 4.28. The molecule has 0 aliphatic carbocycles. The summed E-state index contributed by atoms with van der Waals surface area (Å²) in [5.74, 6) is 0. The average Bonchev–Trinajstić information content (AvgIpc) is 2.56. The van der Waals surface area contributed by atoms with Crippen LogP contribution in [0.2, 0.25) is 0 Å². The van der Waals surface area contributed by atoms with Crippen LogP contribution in [0.3, 0.4) is 0 Å². The first-order valence-corrected chi connectivity index (χ1v) is 5.10. The number of thiazole rings is 1. The van der Waals surface area contributed by atoms with Gasteiger partial charge in [-0.15, -0.1) is 11.3 Å². The molecule has 0 radical (unpaired) electrons. The molecule has 0 aliphatic heterocycles. The Morgan fingerprint density at radius 3 is 2.43 bits per heavy atom. The van der Waals surface area contributed by atoms with Crippen molar-refractivity contribution in [1.29, 1.82) is 0 Å². The highest BCUT2D eigenvalue weighted by atomic mass is 32.1. The van der Waals surface area contributed by atoms with Crippen LogP contribution < -0.4 is 11.5 Å². The van der Waals surface area contributed by atoms with Crippen LogP contribution in [0.4, 0.5) is 10.8 Å². The van der Waals surface area contributed by atoms with E-state index in [0.717, 1.165) is 12.1 Å². The maximum Gasteiger partial charge on any atom is 0.180 e.